The van der Waals surface area contributed by atoms with Crippen LogP contribution in [0.25, 0.3) is 0 Å². The van der Waals surface area contributed by atoms with E-state index in [9.17, 15) is 14.4 Å². The first kappa shape index (κ1) is 18.3. The van der Waals surface area contributed by atoms with Gasteiger partial charge in [-0.3, -0.25) is 19.3 Å². The second kappa shape index (κ2) is 10.2. The first-order chi connectivity index (χ1) is 9.42. The predicted octanol–water partition coefficient (Wildman–Crippen LogP) is -0.611. The van der Waals surface area contributed by atoms with Crippen LogP contribution in [0, 0.1) is 0 Å². The summed E-state index contributed by atoms with van der Waals surface area (Å²) in [5.74, 6) is -2.45. The van der Waals surface area contributed by atoms with Crippen LogP contribution in [0.4, 0.5) is 0 Å². The number of methoxy groups -OCH3 is 1. The van der Waals surface area contributed by atoms with Crippen molar-refractivity contribution in [3.05, 3.63) is 0 Å². The van der Waals surface area contributed by atoms with Gasteiger partial charge in [0.05, 0.1) is 19.6 Å². The van der Waals surface area contributed by atoms with Gasteiger partial charge < -0.3 is 20.3 Å². The molecule has 0 aliphatic rings. The molecule has 0 radical (unpaired) electrons. The molecule has 0 heterocycles. The maximum Gasteiger partial charge on any atom is 0.320 e. The fourth-order valence-corrected chi connectivity index (χ4v) is 1.71. The summed E-state index contributed by atoms with van der Waals surface area (Å²) in [7, 11) is 1.50. The summed E-state index contributed by atoms with van der Waals surface area (Å²) in [5.41, 5.74) is 0. The molecule has 8 heteroatoms. The second-order valence-electron chi connectivity index (χ2n) is 4.22. The molecule has 8 nitrogen and oxygen atoms in total. The smallest absolute Gasteiger partial charge is 0.320 e. The molecule has 0 aliphatic heterocycles. The zero-order valence-corrected chi connectivity index (χ0v) is 11.8. The molecule has 0 aromatic rings. The lowest BCUT2D eigenvalue weighted by molar-refractivity contribution is -0.146. The number of rotatable bonds is 11. The number of carbonyl (C=O) groups is 3. The minimum atomic E-state index is -1.07. The normalized spacial score (nSPS) is 12.2. The number of hydrogen-bond donors (Lipinski definition) is 3. The molecule has 20 heavy (non-hydrogen) atoms. The first-order valence-corrected chi connectivity index (χ1v) is 6.36. The van der Waals surface area contributed by atoms with Gasteiger partial charge in [0.15, 0.2) is 0 Å². The van der Waals surface area contributed by atoms with E-state index in [1.54, 1.807) is 6.92 Å². The average molecular weight is 290 g/mol. The topological polar surface area (TPSA) is 116 Å². The molecule has 0 rings (SSSR count). The van der Waals surface area contributed by atoms with E-state index in [2.05, 4.69) is 5.32 Å². The third-order valence-electron chi connectivity index (χ3n) is 2.70. The Hall–Kier alpha value is -1.67. The summed E-state index contributed by atoms with van der Waals surface area (Å²) >= 11 is 0. The highest BCUT2D eigenvalue weighted by Gasteiger charge is 2.25. The lowest BCUT2D eigenvalue weighted by Gasteiger charge is -2.26. The summed E-state index contributed by atoms with van der Waals surface area (Å²) in [6.45, 7) is 2.22. The Morgan fingerprint density at radius 2 is 1.95 bits per heavy atom. The third-order valence-corrected chi connectivity index (χ3v) is 2.70. The minimum Gasteiger partial charge on any atom is -0.481 e. The van der Waals surface area contributed by atoms with Gasteiger partial charge >= 0.3 is 11.9 Å². The zero-order chi connectivity index (χ0) is 15.5. The predicted molar refractivity (Wildman–Crippen MR) is 70.4 cm³/mol. The van der Waals surface area contributed by atoms with Gasteiger partial charge in [-0.25, -0.2) is 0 Å². The molecular weight excluding hydrogens is 268 g/mol. The highest BCUT2D eigenvalue weighted by Crippen LogP contribution is 2.06. The van der Waals surface area contributed by atoms with Gasteiger partial charge in [-0.15, -0.1) is 0 Å². The monoisotopic (exact) mass is 290 g/mol. The Balaban J connectivity index is 4.54. The van der Waals surface area contributed by atoms with Gasteiger partial charge in [0.2, 0.25) is 5.91 Å². The molecule has 3 N–H and O–H groups in total. The van der Waals surface area contributed by atoms with Crippen LogP contribution < -0.4 is 5.32 Å². The molecule has 0 saturated heterocycles. The van der Waals surface area contributed by atoms with Crippen molar-refractivity contribution in [3.8, 4) is 0 Å². The van der Waals surface area contributed by atoms with Crippen LogP contribution in [0.1, 0.15) is 19.8 Å². The largest absolute Gasteiger partial charge is 0.481 e. The van der Waals surface area contributed by atoms with E-state index in [0.717, 1.165) is 0 Å². The highest BCUT2D eigenvalue weighted by atomic mass is 16.5. The quantitative estimate of drug-likeness (QED) is 0.435. The SMILES string of the molecule is CCC(C(=O)O)N(CCC(=O)O)CC(=O)NCCOC. The van der Waals surface area contributed by atoms with E-state index in [0.29, 0.717) is 19.6 Å². The maximum absolute atomic E-state index is 11.7. The Bertz CT molecular complexity index is 334. The minimum absolute atomic E-state index is 0.0117. The number of nitrogens with one attached hydrogen (secondary N) is 1. The molecule has 1 amide bonds. The van der Waals surface area contributed by atoms with Crippen molar-refractivity contribution >= 4 is 17.8 Å². The van der Waals surface area contributed by atoms with Crippen LogP contribution in [0.15, 0.2) is 0 Å². The number of carboxylic acids is 2. The number of nitrogens with zero attached hydrogens (tertiary/aromatic N) is 1. The zero-order valence-electron chi connectivity index (χ0n) is 11.8. The number of hydrogen-bond acceptors (Lipinski definition) is 5. The van der Waals surface area contributed by atoms with E-state index in [1.807, 2.05) is 0 Å². The van der Waals surface area contributed by atoms with E-state index in [1.165, 1.54) is 12.0 Å². The van der Waals surface area contributed by atoms with Crippen LogP contribution >= 0.6 is 0 Å². The van der Waals surface area contributed by atoms with Crippen LogP contribution in [0.2, 0.25) is 0 Å². The van der Waals surface area contributed by atoms with Crippen LogP contribution in [-0.4, -0.2) is 72.4 Å². The Labute approximate surface area is 117 Å². The van der Waals surface area contributed by atoms with Gasteiger partial charge in [-0.05, 0) is 6.42 Å². The van der Waals surface area contributed by atoms with Crippen molar-refractivity contribution in [1.29, 1.82) is 0 Å². The number of ether oxygens (including phenoxy) is 1. The Morgan fingerprint density at radius 1 is 1.30 bits per heavy atom. The number of carbonyl (C=O) groups excluding carboxylic acids is 1. The van der Waals surface area contributed by atoms with E-state index in [4.69, 9.17) is 14.9 Å². The van der Waals surface area contributed by atoms with Gasteiger partial charge in [0, 0.05) is 20.2 Å². The lowest BCUT2D eigenvalue weighted by Crippen LogP contribution is -2.47. The molecule has 116 valence electrons. The summed E-state index contributed by atoms with van der Waals surface area (Å²) in [4.78, 5) is 34.7. The van der Waals surface area contributed by atoms with Crippen molar-refractivity contribution in [2.24, 2.45) is 0 Å². The van der Waals surface area contributed by atoms with E-state index >= 15 is 0 Å². The average Bonchev–Trinajstić information content (AvgIpc) is 2.36. The highest BCUT2D eigenvalue weighted by molar-refractivity contribution is 5.80. The number of aliphatic carboxylic acids is 2. The molecule has 0 fully saturated rings. The summed E-state index contributed by atoms with van der Waals surface area (Å²) < 4.78 is 4.78. The van der Waals surface area contributed by atoms with Crippen molar-refractivity contribution < 1.29 is 29.3 Å². The molecule has 0 bridgehead atoms. The molecule has 0 saturated carbocycles. The first-order valence-electron chi connectivity index (χ1n) is 6.36. The van der Waals surface area contributed by atoms with E-state index in [-0.39, 0.29) is 25.4 Å². The molecule has 0 spiro atoms. The fourth-order valence-electron chi connectivity index (χ4n) is 1.71. The molecule has 0 aliphatic carbocycles. The van der Waals surface area contributed by atoms with Crippen LogP contribution in [0.5, 0.6) is 0 Å². The van der Waals surface area contributed by atoms with Crippen molar-refractivity contribution in [2.45, 2.75) is 25.8 Å². The Morgan fingerprint density at radius 3 is 2.40 bits per heavy atom. The lowest BCUT2D eigenvalue weighted by atomic mass is 10.1. The van der Waals surface area contributed by atoms with Crippen molar-refractivity contribution in [1.82, 2.24) is 10.2 Å². The van der Waals surface area contributed by atoms with Crippen molar-refractivity contribution in [2.75, 3.05) is 33.4 Å². The van der Waals surface area contributed by atoms with Crippen LogP contribution in [-0.2, 0) is 19.1 Å². The fraction of sp³-hybridized carbons (Fsp3) is 0.750. The third kappa shape index (κ3) is 7.70. The number of carboxylic acid groups (broad SMARTS) is 2. The second-order valence-corrected chi connectivity index (χ2v) is 4.22. The number of amides is 1. The molecular formula is C12H22N2O6. The van der Waals surface area contributed by atoms with Gasteiger partial charge in [0.1, 0.15) is 6.04 Å². The van der Waals surface area contributed by atoms with E-state index < -0.39 is 18.0 Å². The standard InChI is InChI=1S/C12H22N2O6/c1-3-9(12(18)19)14(6-4-11(16)17)8-10(15)13-5-7-20-2/h9H,3-8H2,1-2H3,(H,13,15)(H,16,17)(H,18,19). The van der Waals surface area contributed by atoms with Gasteiger partial charge in [-0.1, -0.05) is 6.92 Å². The van der Waals surface area contributed by atoms with Gasteiger partial charge in [-0.2, -0.15) is 0 Å². The summed E-state index contributed by atoms with van der Waals surface area (Å²) in [6.07, 6.45) is 0.0788. The summed E-state index contributed by atoms with van der Waals surface area (Å²) in [5, 5.41) is 20.3. The Kier molecular flexibility index (Phi) is 9.31. The molecule has 0 aromatic heterocycles. The van der Waals surface area contributed by atoms with Crippen LogP contribution in [0.3, 0.4) is 0 Å². The van der Waals surface area contributed by atoms with Gasteiger partial charge in [0.25, 0.3) is 0 Å². The van der Waals surface area contributed by atoms with Crippen molar-refractivity contribution in [3.63, 3.8) is 0 Å². The molecule has 1 unspecified atom stereocenters. The maximum atomic E-state index is 11.7. The molecule has 1 atom stereocenters. The summed E-state index contributed by atoms with van der Waals surface area (Å²) in [6, 6.07) is -0.873. The molecule has 0 aromatic carbocycles.